The van der Waals surface area contributed by atoms with Gasteiger partial charge in [0.05, 0.1) is 7.11 Å². The lowest BCUT2D eigenvalue weighted by Gasteiger charge is -2.06. The summed E-state index contributed by atoms with van der Waals surface area (Å²) in [6.07, 6.45) is 0.523. The monoisotopic (exact) mass is 315 g/mol. The molecule has 1 amide bonds. The Balaban J connectivity index is 1.68. The maximum absolute atomic E-state index is 11.8. The van der Waals surface area contributed by atoms with Crippen LogP contribution in [0.4, 0.5) is 0 Å². The van der Waals surface area contributed by atoms with E-state index in [1.54, 1.807) is 18.9 Å². The first kappa shape index (κ1) is 16.4. The van der Waals surface area contributed by atoms with E-state index in [9.17, 15) is 4.79 Å². The Morgan fingerprint density at radius 3 is 2.41 bits per heavy atom. The second-order valence-corrected chi connectivity index (χ2v) is 6.20. The van der Waals surface area contributed by atoms with Crippen LogP contribution in [-0.2, 0) is 11.3 Å². The molecule has 22 heavy (non-hydrogen) atoms. The van der Waals surface area contributed by atoms with Crippen LogP contribution in [0.2, 0.25) is 0 Å². The summed E-state index contributed by atoms with van der Waals surface area (Å²) in [7, 11) is 1.64. The summed E-state index contributed by atoms with van der Waals surface area (Å²) < 4.78 is 5.11. The first-order valence-electron chi connectivity index (χ1n) is 7.26. The molecule has 0 saturated carbocycles. The molecule has 0 aliphatic carbocycles. The number of aryl methyl sites for hydroxylation is 1. The summed E-state index contributed by atoms with van der Waals surface area (Å²) in [4.78, 5) is 13.0. The van der Waals surface area contributed by atoms with Gasteiger partial charge in [0.1, 0.15) is 5.75 Å². The van der Waals surface area contributed by atoms with Gasteiger partial charge in [0, 0.05) is 23.6 Å². The van der Waals surface area contributed by atoms with Crippen LogP contribution in [0.25, 0.3) is 0 Å². The highest BCUT2D eigenvalue weighted by molar-refractivity contribution is 7.99. The van der Waals surface area contributed by atoms with Crippen molar-refractivity contribution in [3.8, 4) is 5.75 Å². The molecule has 0 spiro atoms. The normalized spacial score (nSPS) is 10.3. The number of hydrogen-bond acceptors (Lipinski definition) is 3. The molecule has 4 heteroatoms. The quantitative estimate of drug-likeness (QED) is 0.790. The summed E-state index contributed by atoms with van der Waals surface area (Å²) in [6.45, 7) is 2.62. The molecule has 0 bridgehead atoms. The van der Waals surface area contributed by atoms with E-state index in [1.807, 2.05) is 24.3 Å². The van der Waals surface area contributed by atoms with E-state index in [2.05, 4.69) is 36.5 Å². The summed E-state index contributed by atoms with van der Waals surface area (Å²) in [5.41, 5.74) is 2.32. The van der Waals surface area contributed by atoms with Crippen molar-refractivity contribution < 1.29 is 9.53 Å². The SMILES string of the molecule is COc1ccc(CNC(=O)CCSc2ccc(C)cc2)cc1. The maximum atomic E-state index is 11.8. The Hall–Kier alpha value is -1.94. The second-order valence-electron chi connectivity index (χ2n) is 5.04. The van der Waals surface area contributed by atoms with Gasteiger partial charge in [-0.2, -0.15) is 0 Å². The fourth-order valence-electron chi connectivity index (χ4n) is 1.93. The molecule has 0 aliphatic rings. The summed E-state index contributed by atoms with van der Waals surface area (Å²) in [6, 6.07) is 16.1. The van der Waals surface area contributed by atoms with Gasteiger partial charge in [-0.05, 0) is 36.8 Å². The smallest absolute Gasteiger partial charge is 0.221 e. The number of thioether (sulfide) groups is 1. The average Bonchev–Trinajstić information content (AvgIpc) is 2.55. The predicted octanol–water partition coefficient (Wildman–Crippen LogP) is 3.80. The van der Waals surface area contributed by atoms with Crippen molar-refractivity contribution >= 4 is 17.7 Å². The van der Waals surface area contributed by atoms with Crippen molar-refractivity contribution in [3.63, 3.8) is 0 Å². The zero-order chi connectivity index (χ0) is 15.8. The molecule has 1 N–H and O–H groups in total. The molecule has 2 rings (SSSR count). The van der Waals surface area contributed by atoms with Crippen LogP contribution in [0.1, 0.15) is 17.5 Å². The van der Waals surface area contributed by atoms with Crippen LogP contribution in [0, 0.1) is 6.92 Å². The van der Waals surface area contributed by atoms with E-state index in [0.29, 0.717) is 13.0 Å². The molecule has 0 aromatic heterocycles. The van der Waals surface area contributed by atoms with Crippen molar-refractivity contribution in [1.82, 2.24) is 5.32 Å². The molecule has 0 fully saturated rings. The van der Waals surface area contributed by atoms with Crippen LogP contribution < -0.4 is 10.1 Å². The van der Waals surface area contributed by atoms with E-state index in [0.717, 1.165) is 17.1 Å². The lowest BCUT2D eigenvalue weighted by atomic mass is 10.2. The molecule has 0 saturated heterocycles. The molecule has 2 aromatic rings. The van der Waals surface area contributed by atoms with E-state index in [1.165, 1.54) is 10.5 Å². The summed E-state index contributed by atoms with van der Waals surface area (Å²) in [5, 5.41) is 2.94. The largest absolute Gasteiger partial charge is 0.497 e. The molecule has 0 unspecified atom stereocenters. The minimum absolute atomic E-state index is 0.0791. The summed E-state index contributed by atoms with van der Waals surface area (Å²) in [5.74, 6) is 1.69. The number of hydrogen-bond donors (Lipinski definition) is 1. The van der Waals surface area contributed by atoms with Gasteiger partial charge in [-0.15, -0.1) is 11.8 Å². The molecule has 3 nitrogen and oxygen atoms in total. The standard InChI is InChI=1S/C18H21NO2S/c1-14-3-9-17(10-4-14)22-12-11-18(20)19-13-15-5-7-16(21-2)8-6-15/h3-10H,11-13H2,1-2H3,(H,19,20). The molecule has 0 atom stereocenters. The highest BCUT2D eigenvalue weighted by Crippen LogP contribution is 2.19. The molecule has 2 aromatic carbocycles. The van der Waals surface area contributed by atoms with Crippen LogP contribution >= 0.6 is 11.8 Å². The van der Waals surface area contributed by atoms with Gasteiger partial charge in [0.25, 0.3) is 0 Å². The topological polar surface area (TPSA) is 38.3 Å². The van der Waals surface area contributed by atoms with Crippen molar-refractivity contribution in [3.05, 3.63) is 59.7 Å². The number of benzene rings is 2. The molecule has 0 radical (unpaired) electrons. The number of carbonyl (C=O) groups excluding carboxylic acids is 1. The summed E-state index contributed by atoms with van der Waals surface area (Å²) >= 11 is 1.71. The Bertz CT molecular complexity index is 593. The van der Waals surface area contributed by atoms with Gasteiger partial charge in [0.2, 0.25) is 5.91 Å². The highest BCUT2D eigenvalue weighted by atomic mass is 32.2. The Labute approximate surface area is 136 Å². The number of ether oxygens (including phenoxy) is 1. The highest BCUT2D eigenvalue weighted by Gasteiger charge is 2.02. The van der Waals surface area contributed by atoms with Gasteiger partial charge in [-0.1, -0.05) is 29.8 Å². The van der Waals surface area contributed by atoms with E-state index in [4.69, 9.17) is 4.74 Å². The lowest BCUT2D eigenvalue weighted by Crippen LogP contribution is -2.22. The van der Waals surface area contributed by atoms with Gasteiger partial charge in [-0.3, -0.25) is 4.79 Å². The minimum Gasteiger partial charge on any atom is -0.497 e. The second kappa shape index (κ2) is 8.49. The van der Waals surface area contributed by atoms with E-state index >= 15 is 0 Å². The van der Waals surface area contributed by atoms with Gasteiger partial charge in [-0.25, -0.2) is 0 Å². The van der Waals surface area contributed by atoms with E-state index < -0.39 is 0 Å². The Morgan fingerprint density at radius 1 is 1.09 bits per heavy atom. The lowest BCUT2D eigenvalue weighted by molar-refractivity contribution is -0.120. The molecule has 0 heterocycles. The van der Waals surface area contributed by atoms with Crippen LogP contribution in [-0.4, -0.2) is 18.8 Å². The number of carbonyl (C=O) groups is 1. The average molecular weight is 315 g/mol. The maximum Gasteiger partial charge on any atom is 0.221 e. The van der Waals surface area contributed by atoms with Crippen molar-refractivity contribution in [2.45, 2.75) is 24.8 Å². The van der Waals surface area contributed by atoms with Crippen molar-refractivity contribution in [1.29, 1.82) is 0 Å². The third-order valence-electron chi connectivity index (χ3n) is 3.27. The Kier molecular flexibility index (Phi) is 6.34. The third kappa shape index (κ3) is 5.45. The van der Waals surface area contributed by atoms with Gasteiger partial charge in [0.15, 0.2) is 0 Å². The number of amides is 1. The fourth-order valence-corrected chi connectivity index (χ4v) is 2.78. The van der Waals surface area contributed by atoms with Gasteiger partial charge < -0.3 is 10.1 Å². The predicted molar refractivity (Wildman–Crippen MR) is 91.4 cm³/mol. The molecule has 116 valence electrons. The van der Waals surface area contributed by atoms with Crippen molar-refractivity contribution in [2.24, 2.45) is 0 Å². The molecular formula is C18H21NO2S. The molecular weight excluding hydrogens is 294 g/mol. The zero-order valence-corrected chi connectivity index (χ0v) is 13.8. The molecule has 0 aliphatic heterocycles. The number of rotatable bonds is 7. The van der Waals surface area contributed by atoms with Crippen molar-refractivity contribution in [2.75, 3.05) is 12.9 Å². The van der Waals surface area contributed by atoms with E-state index in [-0.39, 0.29) is 5.91 Å². The first-order chi connectivity index (χ1) is 10.7. The Morgan fingerprint density at radius 2 is 1.77 bits per heavy atom. The van der Waals surface area contributed by atoms with Gasteiger partial charge >= 0.3 is 0 Å². The number of nitrogens with one attached hydrogen (secondary N) is 1. The first-order valence-corrected chi connectivity index (χ1v) is 8.25. The van der Waals surface area contributed by atoms with Crippen LogP contribution in [0.15, 0.2) is 53.4 Å². The number of methoxy groups -OCH3 is 1. The third-order valence-corrected chi connectivity index (χ3v) is 4.28. The van der Waals surface area contributed by atoms with Crippen LogP contribution in [0.5, 0.6) is 5.75 Å². The fraction of sp³-hybridized carbons (Fsp3) is 0.278. The minimum atomic E-state index is 0.0791. The zero-order valence-electron chi connectivity index (χ0n) is 13.0. The van der Waals surface area contributed by atoms with Crippen LogP contribution in [0.3, 0.4) is 0 Å².